The van der Waals surface area contributed by atoms with E-state index in [4.69, 9.17) is 14.2 Å². The van der Waals surface area contributed by atoms with E-state index in [1.807, 2.05) is 19.1 Å². The molecule has 0 bridgehead atoms. The molecule has 0 saturated heterocycles. The lowest BCUT2D eigenvalue weighted by atomic mass is 10.1. The third-order valence-corrected chi connectivity index (χ3v) is 5.52. The summed E-state index contributed by atoms with van der Waals surface area (Å²) in [6, 6.07) is 11.0. The molecule has 0 heterocycles. The van der Waals surface area contributed by atoms with Crippen LogP contribution >= 0.6 is 0 Å². The molecular weight excluding hydrogens is 398 g/mol. The highest BCUT2D eigenvalue weighted by atomic mass is 32.2. The lowest BCUT2D eigenvalue weighted by Crippen LogP contribution is -2.31. The summed E-state index contributed by atoms with van der Waals surface area (Å²) in [6.45, 7) is 0.919. The van der Waals surface area contributed by atoms with Gasteiger partial charge in [0, 0.05) is 11.6 Å². The third kappa shape index (κ3) is 6.03. The van der Waals surface area contributed by atoms with Gasteiger partial charge < -0.3 is 14.2 Å². The van der Waals surface area contributed by atoms with Gasteiger partial charge in [-0.3, -0.25) is 9.59 Å². The van der Waals surface area contributed by atoms with E-state index in [9.17, 15) is 18.0 Å². The molecule has 29 heavy (non-hydrogen) atoms. The smallest absolute Gasteiger partial charge is 0.321 e. The zero-order chi connectivity index (χ0) is 21.4. The Hall–Kier alpha value is -2.91. The fraction of sp³-hybridized carbons (Fsp3) is 0.300. The topological polar surface area (TPSA) is 108 Å². The van der Waals surface area contributed by atoms with Crippen molar-refractivity contribution in [3.05, 3.63) is 53.6 Å². The predicted octanol–water partition coefficient (Wildman–Crippen LogP) is 1.97. The van der Waals surface area contributed by atoms with Gasteiger partial charge >= 0.3 is 5.97 Å². The van der Waals surface area contributed by atoms with Crippen molar-refractivity contribution < 1.29 is 32.2 Å². The standard InChI is InChI=1S/C20H23NO7S/c1-4-14-5-7-15(8-6-14)17(22)13-28-20(23)12-21-29(24,25)16-9-10-18(26-2)19(11-16)27-3/h5-11,21H,4,12-13H2,1-3H3. The molecule has 0 aliphatic carbocycles. The Labute approximate surface area is 169 Å². The van der Waals surface area contributed by atoms with Crippen molar-refractivity contribution in [1.29, 1.82) is 0 Å². The molecular formula is C20H23NO7S. The van der Waals surface area contributed by atoms with E-state index in [0.29, 0.717) is 11.3 Å². The predicted molar refractivity (Wildman–Crippen MR) is 106 cm³/mol. The summed E-state index contributed by atoms with van der Waals surface area (Å²) in [5.41, 5.74) is 1.50. The average molecular weight is 421 g/mol. The second-order valence-corrected chi connectivity index (χ2v) is 7.74. The highest BCUT2D eigenvalue weighted by molar-refractivity contribution is 7.89. The van der Waals surface area contributed by atoms with Crippen LogP contribution in [-0.4, -0.2) is 47.5 Å². The maximum absolute atomic E-state index is 12.3. The Morgan fingerprint density at radius 1 is 0.966 bits per heavy atom. The lowest BCUT2D eigenvalue weighted by Gasteiger charge is -2.11. The highest BCUT2D eigenvalue weighted by Crippen LogP contribution is 2.29. The number of carbonyl (C=O) groups is 2. The number of hydrogen-bond donors (Lipinski definition) is 1. The summed E-state index contributed by atoms with van der Waals surface area (Å²) >= 11 is 0. The third-order valence-electron chi connectivity index (χ3n) is 4.12. The van der Waals surface area contributed by atoms with Gasteiger partial charge in [-0.25, -0.2) is 8.42 Å². The van der Waals surface area contributed by atoms with Gasteiger partial charge in [0.25, 0.3) is 0 Å². The molecule has 0 saturated carbocycles. The first-order valence-corrected chi connectivity index (χ1v) is 10.3. The molecule has 9 heteroatoms. The van der Waals surface area contributed by atoms with E-state index in [1.54, 1.807) is 12.1 Å². The van der Waals surface area contributed by atoms with Gasteiger partial charge in [-0.2, -0.15) is 4.72 Å². The van der Waals surface area contributed by atoms with Crippen LogP contribution in [0.25, 0.3) is 0 Å². The van der Waals surface area contributed by atoms with Gasteiger partial charge in [-0.15, -0.1) is 0 Å². The normalized spacial score (nSPS) is 11.0. The first kappa shape index (κ1) is 22.4. The number of benzene rings is 2. The number of esters is 1. The minimum absolute atomic E-state index is 0.102. The van der Waals surface area contributed by atoms with E-state index in [2.05, 4.69) is 4.72 Å². The lowest BCUT2D eigenvalue weighted by molar-refractivity contribution is -0.141. The number of Topliss-reactive ketones (excluding diaryl/α,β-unsaturated/α-hetero) is 1. The van der Waals surface area contributed by atoms with Gasteiger partial charge in [-0.05, 0) is 24.1 Å². The Kier molecular flexibility index (Phi) is 7.74. The van der Waals surface area contributed by atoms with E-state index in [0.717, 1.165) is 12.0 Å². The van der Waals surface area contributed by atoms with E-state index < -0.39 is 29.1 Å². The summed E-state index contributed by atoms with van der Waals surface area (Å²) < 4.78 is 41.8. The highest BCUT2D eigenvalue weighted by Gasteiger charge is 2.19. The quantitative estimate of drug-likeness (QED) is 0.461. The summed E-state index contributed by atoms with van der Waals surface area (Å²) in [5, 5.41) is 0. The van der Waals surface area contributed by atoms with Gasteiger partial charge in [0.15, 0.2) is 23.9 Å². The minimum atomic E-state index is -3.98. The number of hydrogen-bond acceptors (Lipinski definition) is 7. The number of rotatable bonds is 10. The molecule has 2 aromatic carbocycles. The van der Waals surface area contributed by atoms with Crippen LogP contribution in [0.15, 0.2) is 47.4 Å². The van der Waals surface area contributed by atoms with Crippen molar-refractivity contribution >= 4 is 21.8 Å². The Balaban J connectivity index is 1.91. The molecule has 0 fully saturated rings. The number of carbonyl (C=O) groups excluding carboxylic acids is 2. The zero-order valence-corrected chi connectivity index (χ0v) is 17.2. The molecule has 2 rings (SSSR count). The molecule has 0 aliphatic heterocycles. The number of aryl methyl sites for hydroxylation is 1. The van der Waals surface area contributed by atoms with Crippen molar-refractivity contribution in [2.45, 2.75) is 18.2 Å². The Morgan fingerprint density at radius 2 is 1.62 bits per heavy atom. The zero-order valence-electron chi connectivity index (χ0n) is 16.4. The van der Waals surface area contributed by atoms with Gasteiger partial charge in [-0.1, -0.05) is 31.2 Å². The van der Waals surface area contributed by atoms with Crippen LogP contribution in [0.1, 0.15) is 22.8 Å². The van der Waals surface area contributed by atoms with Crippen LogP contribution in [0.4, 0.5) is 0 Å². The maximum atomic E-state index is 12.3. The van der Waals surface area contributed by atoms with Crippen molar-refractivity contribution in [2.24, 2.45) is 0 Å². The number of methoxy groups -OCH3 is 2. The molecule has 0 atom stereocenters. The number of nitrogens with one attached hydrogen (secondary N) is 1. The van der Waals surface area contributed by atoms with Gasteiger partial charge in [0.05, 0.1) is 19.1 Å². The molecule has 156 valence electrons. The average Bonchev–Trinajstić information content (AvgIpc) is 2.75. The largest absolute Gasteiger partial charge is 0.493 e. The van der Waals surface area contributed by atoms with Gasteiger partial charge in [0.1, 0.15) is 6.54 Å². The second kappa shape index (κ2) is 10.0. The van der Waals surface area contributed by atoms with Crippen LogP contribution in [0, 0.1) is 0 Å². The molecule has 0 radical (unpaired) electrons. The summed E-state index contributed by atoms with van der Waals surface area (Å²) in [6.07, 6.45) is 0.851. The van der Waals surface area contributed by atoms with E-state index in [1.165, 1.54) is 32.4 Å². The SMILES string of the molecule is CCc1ccc(C(=O)COC(=O)CNS(=O)(=O)c2ccc(OC)c(OC)c2)cc1. The molecule has 8 nitrogen and oxygen atoms in total. The van der Waals surface area contributed by atoms with Crippen LogP contribution < -0.4 is 14.2 Å². The van der Waals surface area contributed by atoms with Crippen LogP contribution in [0.2, 0.25) is 0 Å². The fourth-order valence-electron chi connectivity index (χ4n) is 2.43. The Morgan fingerprint density at radius 3 is 2.21 bits per heavy atom. The number of sulfonamides is 1. The number of ketones is 1. The van der Waals surface area contributed by atoms with E-state index >= 15 is 0 Å². The minimum Gasteiger partial charge on any atom is -0.493 e. The van der Waals surface area contributed by atoms with Crippen molar-refractivity contribution in [1.82, 2.24) is 4.72 Å². The van der Waals surface area contributed by atoms with Crippen LogP contribution in [-0.2, 0) is 26.0 Å². The first-order chi connectivity index (χ1) is 13.8. The Bertz CT molecular complexity index is 969. The molecule has 0 amide bonds. The van der Waals surface area contributed by atoms with Crippen LogP contribution in [0.5, 0.6) is 11.5 Å². The fourth-order valence-corrected chi connectivity index (χ4v) is 3.41. The first-order valence-electron chi connectivity index (χ1n) is 8.80. The molecule has 0 aromatic heterocycles. The van der Waals surface area contributed by atoms with Gasteiger partial charge in [0.2, 0.25) is 10.0 Å². The summed E-state index contributed by atoms with van der Waals surface area (Å²) in [4.78, 5) is 23.8. The monoisotopic (exact) mass is 421 g/mol. The molecule has 0 aliphatic rings. The van der Waals surface area contributed by atoms with Crippen LogP contribution in [0.3, 0.4) is 0 Å². The van der Waals surface area contributed by atoms with Crippen molar-refractivity contribution in [2.75, 3.05) is 27.4 Å². The molecule has 1 N–H and O–H groups in total. The number of ether oxygens (including phenoxy) is 3. The molecule has 2 aromatic rings. The van der Waals surface area contributed by atoms with Crippen molar-refractivity contribution in [3.63, 3.8) is 0 Å². The summed E-state index contributed by atoms with van der Waals surface area (Å²) in [7, 11) is -1.17. The molecule has 0 unspecified atom stereocenters. The van der Waals surface area contributed by atoms with E-state index in [-0.39, 0.29) is 16.4 Å². The molecule has 0 spiro atoms. The second-order valence-electron chi connectivity index (χ2n) is 5.98. The summed E-state index contributed by atoms with van der Waals surface area (Å²) in [5.74, 6) is -0.634. The van der Waals surface area contributed by atoms with Crippen molar-refractivity contribution in [3.8, 4) is 11.5 Å². The maximum Gasteiger partial charge on any atom is 0.321 e.